The van der Waals surface area contributed by atoms with E-state index in [4.69, 9.17) is 14.7 Å². The van der Waals surface area contributed by atoms with Crippen molar-refractivity contribution in [2.24, 2.45) is 0 Å². The molecule has 1 saturated heterocycles. The standard InChI is InChI=1S/C29H30N4O3S/c1-21-6-4-7-22(18-21)19-28-30-26-12-13-33(20-25(26)29(31-28)32-14-16-36-17-15-32)37(34,35)27-11-5-9-23-8-2-3-10-24(23)27/h2-11,18H,12-17,19-20H2,1H3. The fraction of sp³-hybridized carbons (Fsp3) is 0.310. The molecule has 0 unspecified atom stereocenters. The van der Waals surface area contributed by atoms with Gasteiger partial charge in [-0.25, -0.2) is 18.4 Å². The summed E-state index contributed by atoms with van der Waals surface area (Å²) in [6.45, 7) is 5.45. The summed E-state index contributed by atoms with van der Waals surface area (Å²) in [6.07, 6.45) is 1.20. The molecule has 7 nitrogen and oxygen atoms in total. The summed E-state index contributed by atoms with van der Waals surface area (Å²) in [4.78, 5) is 12.5. The van der Waals surface area contributed by atoms with Crippen LogP contribution in [0.2, 0.25) is 0 Å². The topological polar surface area (TPSA) is 75.6 Å². The molecule has 0 bridgehead atoms. The lowest BCUT2D eigenvalue weighted by Gasteiger charge is -2.34. The maximum Gasteiger partial charge on any atom is 0.244 e. The maximum absolute atomic E-state index is 13.9. The van der Waals surface area contributed by atoms with Gasteiger partial charge in [0.1, 0.15) is 11.6 Å². The van der Waals surface area contributed by atoms with E-state index in [1.165, 1.54) is 11.1 Å². The van der Waals surface area contributed by atoms with Gasteiger partial charge in [-0.1, -0.05) is 66.2 Å². The number of morpholine rings is 1. The van der Waals surface area contributed by atoms with Crippen LogP contribution in [0.5, 0.6) is 0 Å². The molecular weight excluding hydrogens is 484 g/mol. The highest BCUT2D eigenvalue weighted by Gasteiger charge is 2.33. The number of nitrogens with zero attached hydrogens (tertiary/aromatic N) is 4. The van der Waals surface area contributed by atoms with Crippen LogP contribution in [0.15, 0.2) is 71.6 Å². The molecule has 0 spiro atoms. The molecule has 0 N–H and O–H groups in total. The third kappa shape index (κ3) is 4.72. The quantitative estimate of drug-likeness (QED) is 0.399. The number of aryl methyl sites for hydroxylation is 1. The first kappa shape index (κ1) is 24.0. The van der Waals surface area contributed by atoms with E-state index >= 15 is 0 Å². The van der Waals surface area contributed by atoms with Gasteiger partial charge in [-0.05, 0) is 23.9 Å². The summed E-state index contributed by atoms with van der Waals surface area (Å²) < 4.78 is 35.0. The first-order valence-electron chi connectivity index (χ1n) is 12.7. The van der Waals surface area contributed by atoms with Crippen LogP contribution in [0.25, 0.3) is 10.8 Å². The number of fused-ring (bicyclic) bond motifs is 2. The number of sulfonamides is 1. The zero-order valence-electron chi connectivity index (χ0n) is 20.9. The Kier molecular flexibility index (Phi) is 6.40. The molecule has 2 aliphatic heterocycles. The van der Waals surface area contributed by atoms with Crippen LogP contribution in [0, 0.1) is 6.92 Å². The molecule has 0 amide bonds. The summed E-state index contributed by atoms with van der Waals surface area (Å²) >= 11 is 0. The summed E-state index contributed by atoms with van der Waals surface area (Å²) in [7, 11) is -3.71. The average molecular weight is 515 g/mol. The minimum Gasteiger partial charge on any atom is -0.378 e. The van der Waals surface area contributed by atoms with Crippen LogP contribution >= 0.6 is 0 Å². The monoisotopic (exact) mass is 514 g/mol. The lowest BCUT2D eigenvalue weighted by molar-refractivity contribution is 0.122. The Hall–Kier alpha value is -3.33. The second-order valence-corrected chi connectivity index (χ2v) is 11.6. The number of hydrogen-bond acceptors (Lipinski definition) is 6. The fourth-order valence-corrected chi connectivity index (χ4v) is 6.93. The maximum atomic E-state index is 13.9. The molecule has 0 aliphatic carbocycles. The first-order chi connectivity index (χ1) is 18.0. The summed E-state index contributed by atoms with van der Waals surface area (Å²) in [5, 5.41) is 1.66. The lowest BCUT2D eigenvalue weighted by Crippen LogP contribution is -2.41. The number of ether oxygens (including phenoxy) is 1. The minimum absolute atomic E-state index is 0.262. The number of aromatic nitrogens is 2. The van der Waals surface area contributed by atoms with Gasteiger partial charge in [-0.2, -0.15) is 4.31 Å². The van der Waals surface area contributed by atoms with Crippen LogP contribution in [0.3, 0.4) is 0 Å². The van der Waals surface area contributed by atoms with Gasteiger partial charge in [0, 0.05) is 50.0 Å². The predicted molar refractivity (Wildman–Crippen MR) is 144 cm³/mol. The van der Waals surface area contributed by atoms with Crippen molar-refractivity contribution in [1.29, 1.82) is 0 Å². The van der Waals surface area contributed by atoms with Gasteiger partial charge in [0.2, 0.25) is 10.0 Å². The third-order valence-corrected chi connectivity index (χ3v) is 9.08. The predicted octanol–water partition coefficient (Wildman–Crippen LogP) is 4.11. The first-order valence-corrected chi connectivity index (χ1v) is 14.2. The number of anilines is 1. The smallest absolute Gasteiger partial charge is 0.244 e. The number of benzene rings is 3. The van der Waals surface area contributed by atoms with E-state index in [9.17, 15) is 8.42 Å². The fourth-order valence-electron chi connectivity index (χ4n) is 5.31. The van der Waals surface area contributed by atoms with E-state index in [1.54, 1.807) is 10.4 Å². The van der Waals surface area contributed by atoms with E-state index in [2.05, 4.69) is 36.1 Å². The second-order valence-electron chi connectivity index (χ2n) is 9.72. The van der Waals surface area contributed by atoms with E-state index < -0.39 is 10.0 Å². The molecule has 8 heteroatoms. The van der Waals surface area contributed by atoms with Crippen molar-refractivity contribution in [2.75, 3.05) is 37.7 Å². The van der Waals surface area contributed by atoms with E-state index in [0.29, 0.717) is 37.5 Å². The molecule has 4 aromatic rings. The molecule has 0 radical (unpaired) electrons. The van der Waals surface area contributed by atoms with Crippen LogP contribution in [0.4, 0.5) is 5.82 Å². The van der Waals surface area contributed by atoms with Crippen LogP contribution in [0.1, 0.15) is 28.2 Å². The minimum atomic E-state index is -3.71. The highest BCUT2D eigenvalue weighted by atomic mass is 32.2. The van der Waals surface area contributed by atoms with Gasteiger partial charge in [0.15, 0.2) is 0 Å². The molecule has 37 heavy (non-hydrogen) atoms. The van der Waals surface area contributed by atoms with E-state index in [0.717, 1.165) is 46.8 Å². The van der Waals surface area contributed by atoms with Crippen molar-refractivity contribution in [3.8, 4) is 0 Å². The summed E-state index contributed by atoms with van der Waals surface area (Å²) in [5.41, 5.74) is 4.23. The van der Waals surface area contributed by atoms with Gasteiger partial charge in [-0.15, -0.1) is 0 Å². The Labute approximate surface area is 217 Å². The molecule has 3 heterocycles. The van der Waals surface area contributed by atoms with Crippen molar-refractivity contribution in [2.45, 2.75) is 31.2 Å². The highest BCUT2D eigenvalue weighted by molar-refractivity contribution is 7.89. The van der Waals surface area contributed by atoms with E-state index in [1.807, 2.05) is 36.4 Å². The van der Waals surface area contributed by atoms with Gasteiger partial charge in [0.05, 0.1) is 23.8 Å². The molecule has 2 aliphatic rings. The Morgan fingerprint density at radius 2 is 1.70 bits per heavy atom. The Balaban J connectivity index is 1.38. The SMILES string of the molecule is Cc1cccc(Cc2nc3c(c(N4CCOCC4)n2)CN(S(=O)(=O)c2cccc4ccccc24)CC3)c1. The second kappa shape index (κ2) is 9.85. The van der Waals surface area contributed by atoms with Crippen molar-refractivity contribution in [3.05, 3.63) is 94.9 Å². The van der Waals surface area contributed by atoms with Crippen molar-refractivity contribution >= 4 is 26.6 Å². The summed E-state index contributed by atoms with van der Waals surface area (Å²) in [6, 6.07) is 21.5. The van der Waals surface area contributed by atoms with Gasteiger partial charge in [-0.3, -0.25) is 0 Å². The third-order valence-electron chi connectivity index (χ3n) is 7.17. The van der Waals surface area contributed by atoms with Crippen LogP contribution in [-0.4, -0.2) is 55.5 Å². The molecule has 6 rings (SSSR count). The normalized spacial score (nSPS) is 16.6. The number of rotatable bonds is 5. The van der Waals surface area contributed by atoms with Crippen molar-refractivity contribution in [3.63, 3.8) is 0 Å². The highest BCUT2D eigenvalue weighted by Crippen LogP contribution is 2.33. The zero-order chi connectivity index (χ0) is 25.4. The van der Waals surface area contributed by atoms with E-state index in [-0.39, 0.29) is 6.54 Å². The average Bonchev–Trinajstić information content (AvgIpc) is 2.92. The van der Waals surface area contributed by atoms with Crippen molar-refractivity contribution in [1.82, 2.24) is 14.3 Å². The molecular formula is C29H30N4O3S. The molecule has 0 saturated carbocycles. The van der Waals surface area contributed by atoms with Crippen LogP contribution < -0.4 is 4.90 Å². The van der Waals surface area contributed by atoms with Gasteiger partial charge < -0.3 is 9.64 Å². The van der Waals surface area contributed by atoms with Crippen LogP contribution in [-0.2, 0) is 34.1 Å². The van der Waals surface area contributed by atoms with Gasteiger partial charge >= 0.3 is 0 Å². The Morgan fingerprint density at radius 3 is 2.54 bits per heavy atom. The molecule has 0 atom stereocenters. The Bertz CT molecular complexity index is 1560. The molecule has 3 aromatic carbocycles. The number of hydrogen-bond donors (Lipinski definition) is 0. The lowest BCUT2D eigenvalue weighted by atomic mass is 10.1. The zero-order valence-corrected chi connectivity index (χ0v) is 21.7. The van der Waals surface area contributed by atoms with Crippen molar-refractivity contribution < 1.29 is 13.2 Å². The molecule has 1 fully saturated rings. The largest absolute Gasteiger partial charge is 0.378 e. The Morgan fingerprint density at radius 1 is 0.919 bits per heavy atom. The van der Waals surface area contributed by atoms with Gasteiger partial charge in [0.25, 0.3) is 0 Å². The molecule has 1 aromatic heterocycles. The molecule has 190 valence electrons. The summed E-state index contributed by atoms with van der Waals surface area (Å²) in [5.74, 6) is 1.62.